The Hall–Kier alpha value is -1.25. The first-order valence-corrected chi connectivity index (χ1v) is 4.47. The first-order valence-electron chi connectivity index (χ1n) is 3.48. The van der Waals surface area contributed by atoms with Crippen LogP contribution in [0.15, 0.2) is 5.16 Å². The van der Waals surface area contributed by atoms with E-state index in [9.17, 15) is 13.6 Å². The Morgan fingerprint density at radius 2 is 2.36 bits per heavy atom. The number of carboxylic acids is 1. The summed E-state index contributed by atoms with van der Waals surface area (Å²) in [6.45, 7) is -0.630. The van der Waals surface area contributed by atoms with Crippen LogP contribution in [0.5, 0.6) is 0 Å². The van der Waals surface area contributed by atoms with Crippen LogP contribution < -0.4 is 0 Å². The summed E-state index contributed by atoms with van der Waals surface area (Å²) in [4.78, 5) is 10.2. The molecule has 0 unspecified atom stereocenters. The van der Waals surface area contributed by atoms with E-state index in [2.05, 4.69) is 15.5 Å². The highest BCUT2D eigenvalue weighted by atomic mass is 32.2. The quantitative estimate of drug-likeness (QED) is 0.715. The molecule has 0 spiro atoms. The third kappa shape index (κ3) is 3.24. The number of alkyl halides is 2. The molecule has 0 aliphatic rings. The summed E-state index contributed by atoms with van der Waals surface area (Å²) >= 11 is 0.798. The van der Waals surface area contributed by atoms with Gasteiger partial charge in [-0.05, 0) is 10.4 Å². The van der Waals surface area contributed by atoms with Crippen LogP contribution >= 0.6 is 11.8 Å². The molecule has 0 fully saturated rings. The average molecular weight is 224 g/mol. The zero-order valence-electron chi connectivity index (χ0n) is 6.80. The van der Waals surface area contributed by atoms with E-state index in [1.807, 2.05) is 0 Å². The molecular formula is C5H6F2N4O2S. The minimum absolute atomic E-state index is 0.0766. The third-order valence-electron chi connectivity index (χ3n) is 1.13. The van der Waals surface area contributed by atoms with E-state index >= 15 is 0 Å². The van der Waals surface area contributed by atoms with Gasteiger partial charge in [0, 0.05) is 0 Å². The second kappa shape index (κ2) is 4.84. The number of rotatable bonds is 5. The maximum atomic E-state index is 11.9. The Balaban J connectivity index is 2.58. The second-order valence-corrected chi connectivity index (χ2v) is 3.16. The first kappa shape index (κ1) is 10.8. The summed E-state index contributed by atoms with van der Waals surface area (Å²) in [6.07, 6.45) is -2.57. The highest BCUT2D eigenvalue weighted by molar-refractivity contribution is 7.99. The van der Waals surface area contributed by atoms with Gasteiger partial charge in [-0.3, -0.25) is 4.79 Å². The monoisotopic (exact) mass is 224 g/mol. The summed E-state index contributed by atoms with van der Waals surface area (Å²) in [7, 11) is 0. The molecule has 0 saturated carbocycles. The van der Waals surface area contributed by atoms with Crippen LogP contribution in [0.1, 0.15) is 0 Å². The van der Waals surface area contributed by atoms with Gasteiger partial charge in [-0.1, -0.05) is 11.8 Å². The molecule has 0 aromatic carbocycles. The van der Waals surface area contributed by atoms with Gasteiger partial charge in [0.1, 0.15) is 6.54 Å². The largest absolute Gasteiger partial charge is 0.481 e. The lowest BCUT2D eigenvalue weighted by Crippen LogP contribution is -2.10. The number of halogens is 2. The number of hydrogen-bond acceptors (Lipinski definition) is 5. The maximum absolute atomic E-state index is 11.9. The van der Waals surface area contributed by atoms with E-state index in [1.54, 1.807) is 0 Å². The van der Waals surface area contributed by atoms with Crippen LogP contribution in [0.3, 0.4) is 0 Å². The minimum atomic E-state index is -2.57. The Bertz CT molecular complexity index is 318. The first-order chi connectivity index (χ1) is 6.59. The van der Waals surface area contributed by atoms with Crippen LogP contribution in [0.4, 0.5) is 8.78 Å². The number of tetrazole rings is 1. The smallest absolute Gasteiger partial charge is 0.313 e. The molecule has 0 atom stereocenters. The van der Waals surface area contributed by atoms with Gasteiger partial charge in [-0.15, -0.1) is 5.10 Å². The van der Waals surface area contributed by atoms with E-state index in [1.165, 1.54) is 0 Å². The molecule has 0 bridgehead atoms. The van der Waals surface area contributed by atoms with Crippen LogP contribution in [0, 0.1) is 0 Å². The number of thioether (sulfide) groups is 1. The molecule has 0 amide bonds. The second-order valence-electron chi connectivity index (χ2n) is 2.22. The van der Waals surface area contributed by atoms with Gasteiger partial charge in [0.2, 0.25) is 5.16 Å². The predicted octanol–water partition coefficient (Wildman–Crippen LogP) is 0.115. The topological polar surface area (TPSA) is 80.9 Å². The molecule has 6 nitrogen and oxygen atoms in total. The fourth-order valence-electron chi connectivity index (χ4n) is 0.671. The molecule has 78 valence electrons. The lowest BCUT2D eigenvalue weighted by atomic mass is 10.7. The zero-order valence-corrected chi connectivity index (χ0v) is 7.62. The Morgan fingerprint density at radius 3 is 2.93 bits per heavy atom. The van der Waals surface area contributed by atoms with Gasteiger partial charge in [0.25, 0.3) is 6.43 Å². The number of aromatic nitrogens is 4. The standard InChI is InChI=1S/C5H6F2N4O2S/c6-3(7)1-11-5(8-9-10-11)14-2-4(12)13/h3H,1-2H2,(H,12,13). The normalized spacial score (nSPS) is 10.8. The van der Waals surface area contributed by atoms with Gasteiger partial charge in [-0.2, -0.15) is 0 Å². The molecule has 0 saturated heterocycles. The molecule has 1 rings (SSSR count). The minimum Gasteiger partial charge on any atom is -0.481 e. The fraction of sp³-hybridized carbons (Fsp3) is 0.600. The molecule has 14 heavy (non-hydrogen) atoms. The maximum Gasteiger partial charge on any atom is 0.313 e. The fourth-order valence-corrected chi connectivity index (χ4v) is 1.28. The van der Waals surface area contributed by atoms with E-state index in [0.717, 1.165) is 16.4 Å². The van der Waals surface area contributed by atoms with Gasteiger partial charge in [0.05, 0.1) is 5.75 Å². The number of nitrogens with zero attached hydrogens (tertiary/aromatic N) is 4. The van der Waals surface area contributed by atoms with Crippen LogP contribution in [-0.4, -0.2) is 43.5 Å². The Morgan fingerprint density at radius 1 is 1.64 bits per heavy atom. The third-order valence-corrected chi connectivity index (χ3v) is 2.08. The van der Waals surface area contributed by atoms with E-state index < -0.39 is 18.9 Å². The van der Waals surface area contributed by atoms with Crippen molar-refractivity contribution in [2.24, 2.45) is 0 Å². The molecule has 0 aliphatic heterocycles. The van der Waals surface area contributed by atoms with Crippen molar-refractivity contribution < 1.29 is 18.7 Å². The van der Waals surface area contributed by atoms with Crippen LogP contribution in [-0.2, 0) is 11.3 Å². The molecular weight excluding hydrogens is 218 g/mol. The number of carboxylic acid groups (broad SMARTS) is 1. The van der Waals surface area contributed by atoms with Crippen LogP contribution in [0.2, 0.25) is 0 Å². The lowest BCUT2D eigenvalue weighted by molar-refractivity contribution is -0.133. The predicted molar refractivity (Wildman–Crippen MR) is 42.2 cm³/mol. The summed E-state index contributed by atoms with van der Waals surface area (Å²) in [5, 5.41) is 18.3. The molecule has 1 aromatic rings. The molecule has 9 heteroatoms. The van der Waals surface area contributed by atoms with Gasteiger partial charge < -0.3 is 5.11 Å². The molecule has 1 heterocycles. The number of hydrogen-bond donors (Lipinski definition) is 1. The lowest BCUT2D eigenvalue weighted by Gasteiger charge is -2.00. The van der Waals surface area contributed by atoms with Crippen molar-refractivity contribution in [1.29, 1.82) is 0 Å². The van der Waals surface area contributed by atoms with Crippen molar-refractivity contribution >= 4 is 17.7 Å². The van der Waals surface area contributed by atoms with Crippen molar-refractivity contribution in [2.75, 3.05) is 5.75 Å². The highest BCUT2D eigenvalue weighted by Crippen LogP contribution is 2.13. The van der Waals surface area contributed by atoms with Gasteiger partial charge in [-0.25, -0.2) is 13.5 Å². The molecule has 1 N–H and O–H groups in total. The number of carbonyl (C=O) groups is 1. The Kier molecular flexibility index (Phi) is 3.74. The SMILES string of the molecule is O=C(O)CSc1nnnn1CC(F)F. The van der Waals surface area contributed by atoms with Crippen molar-refractivity contribution in [3.63, 3.8) is 0 Å². The van der Waals surface area contributed by atoms with E-state index in [-0.39, 0.29) is 10.9 Å². The summed E-state index contributed by atoms with van der Waals surface area (Å²) in [5.41, 5.74) is 0. The zero-order chi connectivity index (χ0) is 10.6. The molecule has 0 radical (unpaired) electrons. The van der Waals surface area contributed by atoms with Crippen LogP contribution in [0.25, 0.3) is 0 Å². The van der Waals surface area contributed by atoms with Crippen molar-refractivity contribution in [2.45, 2.75) is 18.1 Å². The number of aliphatic carboxylic acids is 1. The van der Waals surface area contributed by atoms with Crippen molar-refractivity contribution in [3.8, 4) is 0 Å². The average Bonchev–Trinajstić information content (AvgIpc) is 2.47. The summed E-state index contributed by atoms with van der Waals surface area (Å²) in [6, 6.07) is 0. The van der Waals surface area contributed by atoms with E-state index in [4.69, 9.17) is 5.11 Å². The summed E-state index contributed by atoms with van der Waals surface area (Å²) in [5.74, 6) is -1.31. The van der Waals surface area contributed by atoms with Gasteiger partial charge >= 0.3 is 5.97 Å². The Labute approximate surface area is 81.3 Å². The van der Waals surface area contributed by atoms with E-state index in [0.29, 0.717) is 0 Å². The van der Waals surface area contributed by atoms with Crippen molar-refractivity contribution in [1.82, 2.24) is 20.2 Å². The van der Waals surface area contributed by atoms with Gasteiger partial charge in [0.15, 0.2) is 0 Å². The summed E-state index contributed by atoms with van der Waals surface area (Å²) < 4.78 is 24.7. The molecule has 0 aliphatic carbocycles. The van der Waals surface area contributed by atoms with Crippen molar-refractivity contribution in [3.05, 3.63) is 0 Å². The molecule has 1 aromatic heterocycles. The highest BCUT2D eigenvalue weighted by Gasteiger charge is 2.12.